The van der Waals surface area contributed by atoms with Crippen LogP contribution in [0.3, 0.4) is 0 Å². The molecule has 0 saturated heterocycles. The first kappa shape index (κ1) is 16.0. The van der Waals surface area contributed by atoms with Crippen LogP contribution in [0.25, 0.3) is 0 Å². The van der Waals surface area contributed by atoms with Crippen LogP contribution in [0.5, 0.6) is 0 Å². The second kappa shape index (κ2) is 6.43. The first-order chi connectivity index (χ1) is 12.2. The summed E-state index contributed by atoms with van der Waals surface area (Å²) in [5.74, 6) is 0.808. The lowest BCUT2D eigenvalue weighted by Gasteiger charge is -2.28. The zero-order chi connectivity index (χ0) is 17.4. The van der Waals surface area contributed by atoms with Crippen LogP contribution in [-0.4, -0.2) is 34.1 Å². The maximum atomic E-state index is 13.4. The first-order valence-electron chi connectivity index (χ1n) is 8.79. The quantitative estimate of drug-likeness (QED) is 0.930. The van der Waals surface area contributed by atoms with Crippen molar-refractivity contribution >= 4 is 11.7 Å². The molecule has 6 heteroatoms. The molecule has 0 radical (unpaired) electrons. The number of benzene rings is 1. The number of aromatic nitrogens is 2. The van der Waals surface area contributed by atoms with Crippen molar-refractivity contribution in [3.05, 3.63) is 53.0 Å². The number of amides is 1. The summed E-state index contributed by atoms with van der Waals surface area (Å²) in [6.45, 7) is 4.05. The summed E-state index contributed by atoms with van der Waals surface area (Å²) >= 11 is 0. The Morgan fingerprint density at radius 3 is 3.04 bits per heavy atom. The van der Waals surface area contributed by atoms with Crippen LogP contribution >= 0.6 is 0 Å². The predicted molar refractivity (Wildman–Crippen MR) is 92.6 cm³/mol. The SMILES string of the molecule is CCNc1cc2c(nn1)CCN(C(=O)[C@H]1C[C@@H]1c1cccc(F)c1)C2. The molecule has 0 spiro atoms. The molecule has 1 aromatic carbocycles. The predicted octanol–water partition coefficient (Wildman–Crippen LogP) is 2.74. The van der Waals surface area contributed by atoms with Crippen molar-refractivity contribution in [2.24, 2.45) is 5.92 Å². The van der Waals surface area contributed by atoms with E-state index in [1.807, 2.05) is 24.0 Å². The largest absolute Gasteiger partial charge is 0.369 e. The van der Waals surface area contributed by atoms with Crippen LogP contribution in [0.2, 0.25) is 0 Å². The number of carbonyl (C=O) groups excluding carboxylic acids is 1. The number of halogens is 1. The van der Waals surface area contributed by atoms with Crippen LogP contribution in [0.15, 0.2) is 30.3 Å². The second-order valence-electron chi connectivity index (χ2n) is 6.75. The topological polar surface area (TPSA) is 58.1 Å². The Kier molecular flexibility index (Phi) is 4.11. The average molecular weight is 340 g/mol. The Morgan fingerprint density at radius 1 is 1.36 bits per heavy atom. The Bertz CT molecular complexity index is 810. The summed E-state index contributed by atoms with van der Waals surface area (Å²) in [5.41, 5.74) is 2.97. The van der Waals surface area contributed by atoms with Crippen molar-refractivity contribution in [1.29, 1.82) is 0 Å². The van der Waals surface area contributed by atoms with Crippen LogP contribution in [0.1, 0.15) is 36.1 Å². The number of fused-ring (bicyclic) bond motifs is 1. The highest BCUT2D eigenvalue weighted by Crippen LogP contribution is 2.48. The van der Waals surface area contributed by atoms with E-state index >= 15 is 0 Å². The molecule has 2 heterocycles. The molecule has 130 valence electrons. The minimum absolute atomic E-state index is 0.0219. The molecule has 2 aromatic rings. The smallest absolute Gasteiger partial charge is 0.226 e. The molecule has 4 rings (SSSR count). The van der Waals surface area contributed by atoms with Gasteiger partial charge in [-0.3, -0.25) is 4.79 Å². The van der Waals surface area contributed by atoms with Gasteiger partial charge in [-0.15, -0.1) is 5.10 Å². The lowest BCUT2D eigenvalue weighted by Crippen LogP contribution is -2.37. The molecule has 2 atom stereocenters. The monoisotopic (exact) mass is 340 g/mol. The molecule has 1 aliphatic carbocycles. The van der Waals surface area contributed by atoms with Gasteiger partial charge in [-0.1, -0.05) is 12.1 Å². The molecular weight excluding hydrogens is 319 g/mol. The van der Waals surface area contributed by atoms with Gasteiger partial charge in [-0.05, 0) is 48.6 Å². The molecule has 1 amide bonds. The number of rotatable bonds is 4. The number of nitrogens with one attached hydrogen (secondary N) is 1. The van der Waals surface area contributed by atoms with Gasteiger partial charge < -0.3 is 10.2 Å². The van der Waals surface area contributed by atoms with E-state index < -0.39 is 0 Å². The molecule has 2 aliphatic rings. The molecule has 25 heavy (non-hydrogen) atoms. The molecule has 5 nitrogen and oxygen atoms in total. The normalized spacial score (nSPS) is 21.6. The fraction of sp³-hybridized carbons (Fsp3) is 0.421. The fourth-order valence-electron chi connectivity index (χ4n) is 3.59. The summed E-state index contributed by atoms with van der Waals surface area (Å²) in [6, 6.07) is 8.59. The third-order valence-electron chi connectivity index (χ3n) is 4.99. The van der Waals surface area contributed by atoms with Crippen LogP contribution in [-0.2, 0) is 17.8 Å². The van der Waals surface area contributed by atoms with Gasteiger partial charge in [-0.25, -0.2) is 4.39 Å². The number of carbonyl (C=O) groups is 1. The molecule has 1 fully saturated rings. The zero-order valence-electron chi connectivity index (χ0n) is 14.2. The van der Waals surface area contributed by atoms with Crippen molar-refractivity contribution in [2.45, 2.75) is 32.2 Å². The summed E-state index contributed by atoms with van der Waals surface area (Å²) < 4.78 is 13.4. The summed E-state index contributed by atoms with van der Waals surface area (Å²) in [7, 11) is 0. The molecule has 0 bridgehead atoms. The number of anilines is 1. The van der Waals surface area contributed by atoms with Gasteiger partial charge in [0.1, 0.15) is 11.6 Å². The van der Waals surface area contributed by atoms with Gasteiger partial charge in [0.05, 0.1) is 5.69 Å². The van der Waals surface area contributed by atoms with E-state index in [2.05, 4.69) is 15.5 Å². The highest BCUT2D eigenvalue weighted by Gasteiger charge is 2.46. The van der Waals surface area contributed by atoms with Crippen LogP contribution < -0.4 is 5.32 Å². The lowest BCUT2D eigenvalue weighted by molar-refractivity contribution is -0.133. The van der Waals surface area contributed by atoms with Gasteiger partial charge in [0.15, 0.2) is 0 Å². The highest BCUT2D eigenvalue weighted by atomic mass is 19.1. The van der Waals surface area contributed by atoms with Crippen molar-refractivity contribution in [2.75, 3.05) is 18.4 Å². The summed E-state index contributed by atoms with van der Waals surface area (Å²) in [5, 5.41) is 11.6. The minimum atomic E-state index is -0.239. The second-order valence-corrected chi connectivity index (χ2v) is 6.75. The molecule has 1 aliphatic heterocycles. The van der Waals surface area contributed by atoms with E-state index in [1.54, 1.807) is 12.1 Å². The van der Waals surface area contributed by atoms with E-state index in [0.717, 1.165) is 42.0 Å². The standard InChI is InChI=1S/C19H21FN4O/c1-2-21-18-9-13-11-24(7-6-17(13)22-23-18)19(25)16-10-15(16)12-4-3-5-14(20)8-12/h3-5,8-9,15-16H,2,6-7,10-11H2,1H3,(H,21,23)/t15-,16+/m1/s1. The maximum absolute atomic E-state index is 13.4. The van der Waals surface area contributed by atoms with Crippen molar-refractivity contribution in [1.82, 2.24) is 15.1 Å². The van der Waals surface area contributed by atoms with Crippen molar-refractivity contribution < 1.29 is 9.18 Å². The van der Waals surface area contributed by atoms with Gasteiger partial charge >= 0.3 is 0 Å². The molecule has 1 aromatic heterocycles. The van der Waals surface area contributed by atoms with Crippen molar-refractivity contribution in [3.8, 4) is 0 Å². The third-order valence-corrected chi connectivity index (χ3v) is 4.99. The van der Waals surface area contributed by atoms with Gasteiger partial charge in [0.25, 0.3) is 0 Å². The Morgan fingerprint density at radius 2 is 2.24 bits per heavy atom. The first-order valence-corrected chi connectivity index (χ1v) is 8.79. The Hall–Kier alpha value is -2.50. The Labute approximate surface area is 146 Å². The lowest BCUT2D eigenvalue weighted by atomic mass is 10.0. The van der Waals surface area contributed by atoms with E-state index in [4.69, 9.17) is 0 Å². The van der Waals surface area contributed by atoms with Crippen LogP contribution in [0.4, 0.5) is 10.2 Å². The van der Waals surface area contributed by atoms with E-state index in [9.17, 15) is 9.18 Å². The number of nitrogens with zero attached hydrogens (tertiary/aromatic N) is 3. The highest BCUT2D eigenvalue weighted by molar-refractivity contribution is 5.83. The molecule has 1 saturated carbocycles. The average Bonchev–Trinajstić information content (AvgIpc) is 3.41. The van der Waals surface area contributed by atoms with E-state index in [1.165, 1.54) is 6.07 Å². The van der Waals surface area contributed by atoms with E-state index in [-0.39, 0.29) is 23.6 Å². The van der Waals surface area contributed by atoms with Gasteiger partial charge in [0, 0.05) is 32.0 Å². The molecule has 1 N–H and O–H groups in total. The van der Waals surface area contributed by atoms with E-state index in [0.29, 0.717) is 13.1 Å². The van der Waals surface area contributed by atoms with Crippen LogP contribution in [0, 0.1) is 11.7 Å². The zero-order valence-corrected chi connectivity index (χ0v) is 14.2. The fourth-order valence-corrected chi connectivity index (χ4v) is 3.59. The molecule has 0 unspecified atom stereocenters. The minimum Gasteiger partial charge on any atom is -0.369 e. The number of hydrogen-bond donors (Lipinski definition) is 1. The Balaban J connectivity index is 1.45. The summed E-state index contributed by atoms with van der Waals surface area (Å²) in [6.07, 6.45) is 1.54. The van der Waals surface area contributed by atoms with Gasteiger partial charge in [-0.2, -0.15) is 5.10 Å². The van der Waals surface area contributed by atoms with Gasteiger partial charge in [0.2, 0.25) is 5.91 Å². The molecular formula is C19H21FN4O. The van der Waals surface area contributed by atoms with Crippen molar-refractivity contribution in [3.63, 3.8) is 0 Å². The number of hydrogen-bond acceptors (Lipinski definition) is 4. The summed E-state index contributed by atoms with van der Waals surface area (Å²) in [4.78, 5) is 14.7. The third kappa shape index (κ3) is 3.21. The maximum Gasteiger partial charge on any atom is 0.226 e.